The first-order valence-corrected chi connectivity index (χ1v) is 12.0. The van der Waals surface area contributed by atoms with E-state index in [1.165, 1.54) is 4.90 Å². The zero-order valence-electron chi connectivity index (χ0n) is 18.5. The first-order valence-electron chi connectivity index (χ1n) is 11.2. The molecule has 1 fully saturated rings. The summed E-state index contributed by atoms with van der Waals surface area (Å²) in [6, 6.07) is 18.2. The van der Waals surface area contributed by atoms with Gasteiger partial charge >= 0.3 is 6.03 Å². The Hall–Kier alpha value is -3.91. The summed E-state index contributed by atoms with van der Waals surface area (Å²) in [5.41, 5.74) is 2.20. The van der Waals surface area contributed by atoms with Crippen LogP contribution in [0.1, 0.15) is 33.4 Å². The Labute approximate surface area is 200 Å². The largest absolute Gasteiger partial charge is 0.356 e. The normalized spacial score (nSPS) is 19.4. The summed E-state index contributed by atoms with van der Waals surface area (Å²) >= 11 is 1.55. The Morgan fingerprint density at radius 2 is 1.88 bits per heavy atom. The van der Waals surface area contributed by atoms with Crippen LogP contribution in [-0.4, -0.2) is 34.3 Å². The van der Waals surface area contributed by atoms with E-state index in [2.05, 4.69) is 10.3 Å². The number of benzene rings is 2. The van der Waals surface area contributed by atoms with E-state index in [1.807, 2.05) is 41.8 Å². The molecule has 8 heteroatoms. The molecule has 2 aromatic heterocycles. The number of hydrogen-bond acceptors (Lipinski definition) is 4. The summed E-state index contributed by atoms with van der Waals surface area (Å²) in [6.07, 6.45) is 0.657. The Balaban J connectivity index is 1.39. The van der Waals surface area contributed by atoms with E-state index in [1.54, 1.807) is 47.4 Å². The van der Waals surface area contributed by atoms with E-state index in [-0.39, 0.29) is 11.8 Å². The third-order valence-electron chi connectivity index (χ3n) is 6.86. The molecule has 7 nitrogen and oxygen atoms in total. The van der Waals surface area contributed by atoms with Crippen molar-refractivity contribution in [2.45, 2.75) is 25.4 Å². The fourth-order valence-electron chi connectivity index (χ4n) is 5.14. The zero-order valence-corrected chi connectivity index (χ0v) is 19.3. The smallest absolute Gasteiger partial charge is 0.332 e. The van der Waals surface area contributed by atoms with Crippen molar-refractivity contribution in [1.82, 2.24) is 15.2 Å². The van der Waals surface area contributed by atoms with E-state index < -0.39 is 11.6 Å². The summed E-state index contributed by atoms with van der Waals surface area (Å²) in [6.45, 7) is 2.61. The molecule has 4 aromatic rings. The topological polar surface area (TPSA) is 85.5 Å². The monoisotopic (exact) mass is 470 g/mol. The van der Waals surface area contributed by atoms with Gasteiger partial charge in [-0.15, -0.1) is 11.3 Å². The van der Waals surface area contributed by atoms with Gasteiger partial charge in [-0.25, -0.2) is 9.69 Å². The molecule has 0 spiro atoms. The molecule has 6 rings (SSSR count). The average Bonchev–Trinajstić information content (AvgIpc) is 3.55. The van der Waals surface area contributed by atoms with Gasteiger partial charge in [0.1, 0.15) is 0 Å². The Kier molecular flexibility index (Phi) is 4.60. The van der Waals surface area contributed by atoms with Gasteiger partial charge in [-0.3, -0.25) is 9.59 Å². The quantitative estimate of drug-likeness (QED) is 0.434. The molecule has 2 aliphatic heterocycles. The summed E-state index contributed by atoms with van der Waals surface area (Å²) < 4.78 is 0. The summed E-state index contributed by atoms with van der Waals surface area (Å²) in [7, 11) is 0. The van der Waals surface area contributed by atoms with E-state index in [9.17, 15) is 14.4 Å². The van der Waals surface area contributed by atoms with Crippen LogP contribution in [-0.2, 0) is 23.3 Å². The van der Waals surface area contributed by atoms with Gasteiger partial charge in [-0.05, 0) is 48.6 Å². The number of urea groups is 1. The summed E-state index contributed by atoms with van der Waals surface area (Å²) in [4.78, 5) is 47.8. The number of fused-ring (bicyclic) bond motifs is 5. The van der Waals surface area contributed by atoms with Gasteiger partial charge in [0.05, 0.1) is 23.5 Å². The first-order chi connectivity index (χ1) is 16.5. The molecule has 170 valence electrons. The number of thiophene rings is 1. The standard InChI is InChI=1S/C26H22N4O3S/c1-26-22-18(17-8-2-4-10-20(17)28-22)12-13-29(26)25(33)30(24(26)32)21-11-5-3-9-19(21)23(31)27-15-16-7-6-14-34-16/h2-11,14,28H,12-13,15H2,1H3,(H,27,31). The van der Waals surface area contributed by atoms with E-state index >= 15 is 0 Å². The van der Waals surface area contributed by atoms with Crippen LogP contribution in [0.5, 0.6) is 0 Å². The molecule has 0 radical (unpaired) electrons. The van der Waals surface area contributed by atoms with Crippen molar-refractivity contribution >= 4 is 45.8 Å². The van der Waals surface area contributed by atoms with Gasteiger partial charge in [-0.1, -0.05) is 36.4 Å². The minimum Gasteiger partial charge on any atom is -0.356 e. The molecule has 1 atom stereocenters. The lowest BCUT2D eigenvalue weighted by atomic mass is 9.87. The number of anilines is 1. The Morgan fingerprint density at radius 3 is 2.71 bits per heavy atom. The van der Waals surface area contributed by atoms with Gasteiger partial charge in [0.15, 0.2) is 5.54 Å². The van der Waals surface area contributed by atoms with E-state index in [0.717, 1.165) is 27.0 Å². The minimum absolute atomic E-state index is 0.293. The number of H-pyrrole nitrogens is 1. The van der Waals surface area contributed by atoms with Crippen molar-refractivity contribution in [3.05, 3.63) is 87.7 Å². The van der Waals surface area contributed by atoms with Crippen molar-refractivity contribution in [2.75, 3.05) is 11.4 Å². The highest BCUT2D eigenvalue weighted by Gasteiger charge is 2.59. The second-order valence-electron chi connectivity index (χ2n) is 8.70. The van der Waals surface area contributed by atoms with Crippen molar-refractivity contribution < 1.29 is 14.4 Å². The second kappa shape index (κ2) is 7.56. The van der Waals surface area contributed by atoms with Crippen molar-refractivity contribution in [1.29, 1.82) is 0 Å². The van der Waals surface area contributed by atoms with Gasteiger partial charge in [0, 0.05) is 22.3 Å². The number of rotatable bonds is 4. The predicted molar refractivity (Wildman–Crippen MR) is 131 cm³/mol. The molecule has 2 N–H and O–H groups in total. The highest BCUT2D eigenvalue weighted by molar-refractivity contribution is 7.09. The maximum atomic E-state index is 13.9. The van der Waals surface area contributed by atoms with Crippen molar-refractivity contribution in [3.63, 3.8) is 0 Å². The number of para-hydroxylation sites is 2. The van der Waals surface area contributed by atoms with E-state index in [4.69, 9.17) is 0 Å². The highest BCUT2D eigenvalue weighted by Crippen LogP contribution is 2.45. The Bertz CT molecular complexity index is 1460. The van der Waals surface area contributed by atoms with Gasteiger partial charge in [0.2, 0.25) is 0 Å². The number of amides is 4. The molecule has 0 aliphatic carbocycles. The molecule has 2 aromatic carbocycles. The lowest BCUT2D eigenvalue weighted by Gasteiger charge is -2.35. The number of carbonyl (C=O) groups is 3. The number of nitrogens with one attached hydrogen (secondary N) is 2. The lowest BCUT2D eigenvalue weighted by molar-refractivity contribution is -0.125. The van der Waals surface area contributed by atoms with Crippen LogP contribution in [0.25, 0.3) is 10.9 Å². The summed E-state index contributed by atoms with van der Waals surface area (Å²) in [5.74, 6) is -0.686. The van der Waals surface area contributed by atoms with Crippen LogP contribution >= 0.6 is 11.3 Å². The molecule has 1 saturated heterocycles. The molecule has 0 saturated carbocycles. The molecule has 4 amide bonds. The van der Waals surface area contributed by atoms with Crippen LogP contribution in [0, 0.1) is 0 Å². The fraction of sp³-hybridized carbons (Fsp3) is 0.192. The van der Waals surface area contributed by atoms with Gasteiger partial charge < -0.3 is 15.2 Å². The predicted octanol–water partition coefficient (Wildman–Crippen LogP) is 4.40. The number of aromatic amines is 1. The lowest BCUT2D eigenvalue weighted by Crippen LogP contribution is -2.49. The maximum Gasteiger partial charge on any atom is 0.332 e. The van der Waals surface area contributed by atoms with Crippen LogP contribution in [0.15, 0.2) is 66.0 Å². The number of aromatic nitrogens is 1. The number of nitrogens with zero attached hydrogens (tertiary/aromatic N) is 2. The number of hydrogen-bond donors (Lipinski definition) is 2. The van der Waals surface area contributed by atoms with Crippen LogP contribution in [0.4, 0.5) is 10.5 Å². The Morgan fingerprint density at radius 1 is 1.09 bits per heavy atom. The average molecular weight is 471 g/mol. The third kappa shape index (κ3) is 2.85. The third-order valence-corrected chi connectivity index (χ3v) is 7.74. The first kappa shape index (κ1) is 20.7. The van der Waals surface area contributed by atoms with Crippen molar-refractivity contribution in [2.24, 2.45) is 0 Å². The molecule has 4 heterocycles. The second-order valence-corrected chi connectivity index (χ2v) is 9.73. The molecule has 34 heavy (non-hydrogen) atoms. The minimum atomic E-state index is -1.16. The van der Waals surface area contributed by atoms with Crippen LogP contribution in [0.3, 0.4) is 0 Å². The van der Waals surface area contributed by atoms with Crippen LogP contribution < -0.4 is 10.2 Å². The van der Waals surface area contributed by atoms with Crippen LogP contribution in [0.2, 0.25) is 0 Å². The highest BCUT2D eigenvalue weighted by atomic mass is 32.1. The molecule has 1 unspecified atom stereocenters. The SMILES string of the molecule is CC12C(=O)N(c3ccccc3C(=O)NCc3cccs3)C(=O)N1CCc1c2[nH]c2ccccc12. The number of imide groups is 1. The number of carbonyl (C=O) groups excluding carboxylic acids is 3. The van der Waals surface area contributed by atoms with Gasteiger partial charge in [-0.2, -0.15) is 0 Å². The zero-order chi connectivity index (χ0) is 23.4. The molecule has 2 aliphatic rings. The van der Waals surface area contributed by atoms with E-state index in [0.29, 0.717) is 30.8 Å². The van der Waals surface area contributed by atoms with Gasteiger partial charge in [0.25, 0.3) is 11.8 Å². The van der Waals surface area contributed by atoms with Crippen molar-refractivity contribution in [3.8, 4) is 0 Å². The fourth-order valence-corrected chi connectivity index (χ4v) is 5.79. The summed E-state index contributed by atoms with van der Waals surface area (Å²) in [5, 5.41) is 5.93. The maximum absolute atomic E-state index is 13.9. The molecule has 0 bridgehead atoms. The molecular formula is C26H22N4O3S. The molecular weight excluding hydrogens is 448 g/mol.